The molecule has 1 aliphatic carbocycles. The minimum atomic E-state index is -0.510. The van der Waals surface area contributed by atoms with Crippen molar-refractivity contribution >= 4 is 28.8 Å². The van der Waals surface area contributed by atoms with E-state index in [0.29, 0.717) is 37.5 Å². The van der Waals surface area contributed by atoms with Gasteiger partial charge in [-0.05, 0) is 30.5 Å². The van der Waals surface area contributed by atoms with Crippen LogP contribution in [0, 0.1) is 0 Å². The van der Waals surface area contributed by atoms with Gasteiger partial charge in [-0.15, -0.1) is 0 Å². The Morgan fingerprint density at radius 2 is 2.00 bits per heavy atom. The molecule has 34 heavy (non-hydrogen) atoms. The molecular weight excluding hydrogens is 454 g/mol. The highest BCUT2D eigenvalue weighted by molar-refractivity contribution is 8.14. The van der Waals surface area contributed by atoms with Gasteiger partial charge in [-0.3, -0.25) is 19.1 Å². The Morgan fingerprint density at radius 3 is 2.68 bits per heavy atom. The Labute approximate surface area is 202 Å². The number of benzene rings is 1. The molecule has 9 nitrogen and oxygen atoms in total. The van der Waals surface area contributed by atoms with Gasteiger partial charge in [-0.25, -0.2) is 0 Å². The van der Waals surface area contributed by atoms with Crippen LogP contribution in [-0.4, -0.2) is 63.2 Å². The highest BCUT2D eigenvalue weighted by Crippen LogP contribution is 2.27. The van der Waals surface area contributed by atoms with Crippen LogP contribution in [0.5, 0.6) is 5.75 Å². The molecule has 0 bridgehead atoms. The van der Waals surface area contributed by atoms with E-state index in [1.54, 1.807) is 12.0 Å². The quantitative estimate of drug-likeness (QED) is 0.653. The number of carbonyl (C=O) groups excluding carboxylic acids is 3. The third-order valence-electron chi connectivity index (χ3n) is 6.81. The lowest BCUT2D eigenvalue weighted by atomic mass is 10.0. The number of amides is 3. The van der Waals surface area contributed by atoms with E-state index in [-0.39, 0.29) is 23.1 Å². The molecule has 3 aliphatic rings. The Morgan fingerprint density at radius 1 is 1.24 bits per heavy atom. The van der Waals surface area contributed by atoms with Crippen molar-refractivity contribution in [1.29, 1.82) is 0 Å². The van der Waals surface area contributed by atoms with Gasteiger partial charge in [0.15, 0.2) is 5.69 Å². The summed E-state index contributed by atoms with van der Waals surface area (Å²) in [6.45, 7) is 1.38. The Hall–Kier alpha value is -3.01. The lowest BCUT2D eigenvalue weighted by molar-refractivity contribution is -0.133. The summed E-state index contributed by atoms with van der Waals surface area (Å²) in [6, 6.07) is 7.47. The SMILES string of the molecule is COc1ccc(Cn2nc(C(=O)NC3CCCC3)c3c2CCN(C(=O)[C@@H]2CSC(=O)N2)C3)cc1. The van der Waals surface area contributed by atoms with Crippen LogP contribution in [-0.2, 0) is 24.3 Å². The van der Waals surface area contributed by atoms with E-state index in [9.17, 15) is 14.4 Å². The molecule has 1 aromatic carbocycles. The third-order valence-corrected chi connectivity index (χ3v) is 7.69. The number of hydrogen-bond donors (Lipinski definition) is 2. The molecule has 3 heterocycles. The Balaban J connectivity index is 1.41. The minimum absolute atomic E-state index is 0.103. The smallest absolute Gasteiger partial charge is 0.279 e. The van der Waals surface area contributed by atoms with Crippen LogP contribution < -0.4 is 15.4 Å². The third kappa shape index (κ3) is 4.64. The average Bonchev–Trinajstić information content (AvgIpc) is 3.60. The second-order valence-electron chi connectivity index (χ2n) is 9.04. The van der Waals surface area contributed by atoms with E-state index in [1.165, 1.54) is 0 Å². The highest BCUT2D eigenvalue weighted by Gasteiger charge is 2.36. The second-order valence-corrected chi connectivity index (χ2v) is 10.0. The van der Waals surface area contributed by atoms with E-state index in [1.807, 2.05) is 28.9 Å². The van der Waals surface area contributed by atoms with Crippen LogP contribution in [0.1, 0.15) is 53.0 Å². The molecular formula is C24H29N5O4S. The molecule has 0 radical (unpaired) electrons. The predicted molar refractivity (Wildman–Crippen MR) is 128 cm³/mol. The molecule has 10 heteroatoms. The number of aromatic nitrogens is 2. The summed E-state index contributed by atoms with van der Waals surface area (Å²) in [5.74, 6) is 0.950. The van der Waals surface area contributed by atoms with Gasteiger partial charge >= 0.3 is 0 Å². The van der Waals surface area contributed by atoms with Crippen molar-refractivity contribution < 1.29 is 19.1 Å². The molecule has 2 aromatic rings. The Bertz CT molecular complexity index is 1090. The number of rotatable bonds is 6. The fraction of sp³-hybridized carbons (Fsp3) is 0.500. The lowest BCUT2D eigenvalue weighted by Crippen LogP contribution is -2.47. The number of fused-ring (bicyclic) bond motifs is 1. The van der Waals surface area contributed by atoms with Crippen LogP contribution in [0.25, 0.3) is 0 Å². The first-order valence-corrected chi connectivity index (χ1v) is 12.7. The van der Waals surface area contributed by atoms with E-state index in [0.717, 1.165) is 60.0 Å². The first kappa shape index (κ1) is 22.8. The standard InChI is InChI=1S/C24H29N5O4S/c1-33-17-8-6-15(7-9-17)12-29-20-10-11-28(23(31)19-14-34-24(32)26-19)13-18(20)21(27-29)22(30)25-16-4-2-3-5-16/h6-9,16,19H,2-5,10-14H2,1H3,(H,25,30)(H,26,32)/t19-/m0/s1. The first-order valence-electron chi connectivity index (χ1n) is 11.8. The van der Waals surface area contributed by atoms with E-state index in [4.69, 9.17) is 9.84 Å². The molecule has 2 fully saturated rings. The van der Waals surface area contributed by atoms with Gasteiger partial charge in [0.05, 0.1) is 13.7 Å². The highest BCUT2D eigenvalue weighted by atomic mass is 32.2. The summed E-state index contributed by atoms with van der Waals surface area (Å²) < 4.78 is 7.15. The number of methoxy groups -OCH3 is 1. The van der Waals surface area contributed by atoms with E-state index < -0.39 is 6.04 Å². The number of hydrogen-bond acceptors (Lipinski definition) is 6. The Kier molecular flexibility index (Phi) is 6.49. The molecule has 3 amide bonds. The number of thioether (sulfide) groups is 1. The molecule has 1 atom stereocenters. The van der Waals surface area contributed by atoms with Crippen molar-refractivity contribution in [3.05, 3.63) is 46.8 Å². The predicted octanol–water partition coefficient (Wildman–Crippen LogP) is 2.32. The van der Waals surface area contributed by atoms with Gasteiger partial charge in [-0.1, -0.05) is 36.7 Å². The number of ether oxygens (including phenoxy) is 1. The molecule has 1 aromatic heterocycles. The zero-order valence-electron chi connectivity index (χ0n) is 19.2. The number of nitrogens with one attached hydrogen (secondary N) is 2. The summed E-state index contributed by atoms with van der Waals surface area (Å²) >= 11 is 1.13. The van der Waals surface area contributed by atoms with Crippen LogP contribution in [0.4, 0.5) is 4.79 Å². The van der Waals surface area contributed by atoms with Crippen LogP contribution in [0.3, 0.4) is 0 Å². The normalized spacial score (nSPS) is 20.2. The fourth-order valence-electron chi connectivity index (χ4n) is 4.96. The van der Waals surface area contributed by atoms with Gasteiger partial charge in [-0.2, -0.15) is 5.10 Å². The summed E-state index contributed by atoms with van der Waals surface area (Å²) in [7, 11) is 1.64. The zero-order chi connectivity index (χ0) is 23.7. The maximum atomic E-state index is 13.2. The van der Waals surface area contributed by atoms with E-state index in [2.05, 4.69) is 10.6 Å². The van der Waals surface area contributed by atoms with E-state index >= 15 is 0 Å². The van der Waals surface area contributed by atoms with Gasteiger partial charge in [0.2, 0.25) is 5.91 Å². The van der Waals surface area contributed by atoms with Crippen LogP contribution in [0.2, 0.25) is 0 Å². The van der Waals surface area contributed by atoms with Crippen molar-refractivity contribution in [1.82, 2.24) is 25.3 Å². The van der Waals surface area contributed by atoms with Crippen molar-refractivity contribution in [3.8, 4) is 5.75 Å². The molecule has 0 spiro atoms. The van der Waals surface area contributed by atoms with Crippen LogP contribution >= 0.6 is 11.8 Å². The topological polar surface area (TPSA) is 106 Å². The van der Waals surface area contributed by atoms with Gasteiger partial charge in [0, 0.05) is 42.6 Å². The molecule has 1 saturated heterocycles. The molecule has 2 N–H and O–H groups in total. The fourth-order valence-corrected chi connectivity index (χ4v) is 5.73. The molecule has 2 aliphatic heterocycles. The summed E-state index contributed by atoms with van der Waals surface area (Å²) in [6.07, 6.45) is 4.84. The zero-order valence-corrected chi connectivity index (χ0v) is 20.0. The summed E-state index contributed by atoms with van der Waals surface area (Å²) in [4.78, 5) is 39.6. The van der Waals surface area contributed by atoms with Crippen LogP contribution in [0.15, 0.2) is 24.3 Å². The van der Waals surface area contributed by atoms with Crippen molar-refractivity contribution in [2.24, 2.45) is 0 Å². The van der Waals surface area contributed by atoms with Gasteiger partial charge in [0.25, 0.3) is 11.1 Å². The van der Waals surface area contributed by atoms with Gasteiger partial charge in [0.1, 0.15) is 11.8 Å². The van der Waals surface area contributed by atoms with Crippen molar-refractivity contribution in [3.63, 3.8) is 0 Å². The monoisotopic (exact) mass is 483 g/mol. The number of nitrogens with zero attached hydrogens (tertiary/aromatic N) is 3. The maximum absolute atomic E-state index is 13.2. The minimum Gasteiger partial charge on any atom is -0.497 e. The molecule has 1 saturated carbocycles. The molecule has 0 unspecified atom stereocenters. The maximum Gasteiger partial charge on any atom is 0.279 e. The average molecular weight is 484 g/mol. The summed E-state index contributed by atoms with van der Waals surface area (Å²) in [5, 5.41) is 10.4. The molecule has 180 valence electrons. The number of carbonyl (C=O) groups is 3. The largest absolute Gasteiger partial charge is 0.497 e. The van der Waals surface area contributed by atoms with Crippen molar-refractivity contribution in [2.75, 3.05) is 19.4 Å². The molecule has 5 rings (SSSR count). The lowest BCUT2D eigenvalue weighted by Gasteiger charge is -2.29. The second kappa shape index (κ2) is 9.69. The van der Waals surface area contributed by atoms with Gasteiger partial charge < -0.3 is 20.3 Å². The van der Waals surface area contributed by atoms with Crippen molar-refractivity contribution in [2.45, 2.75) is 57.3 Å². The first-order chi connectivity index (χ1) is 16.5. The summed E-state index contributed by atoms with van der Waals surface area (Å²) in [5.41, 5.74) is 3.25.